The first-order valence-electron chi connectivity index (χ1n) is 6.98. The van der Waals surface area contributed by atoms with Crippen LogP contribution in [0.3, 0.4) is 0 Å². The van der Waals surface area contributed by atoms with Crippen LogP contribution in [0.25, 0.3) is 0 Å². The lowest BCUT2D eigenvalue weighted by atomic mass is 9.77. The molecule has 0 fully saturated rings. The first-order valence-corrected chi connectivity index (χ1v) is 6.98. The monoisotopic (exact) mass is 281 g/mol. The summed E-state index contributed by atoms with van der Waals surface area (Å²) in [7, 11) is 0. The lowest BCUT2D eigenvalue weighted by molar-refractivity contribution is 0.0692. The third-order valence-electron chi connectivity index (χ3n) is 4.37. The number of aliphatic hydroxyl groups is 1. The van der Waals surface area contributed by atoms with E-state index in [2.05, 4.69) is 6.07 Å². The van der Waals surface area contributed by atoms with Crippen molar-refractivity contribution in [3.63, 3.8) is 0 Å². The van der Waals surface area contributed by atoms with Gasteiger partial charge in [0.15, 0.2) is 0 Å². The minimum absolute atomic E-state index is 0.299. The molecule has 0 radical (unpaired) electrons. The fourth-order valence-corrected chi connectivity index (χ4v) is 3.14. The molecular formula is C18H16FNO. The molecule has 1 aliphatic carbocycles. The van der Waals surface area contributed by atoms with Crippen LogP contribution in [0.15, 0.2) is 42.5 Å². The minimum atomic E-state index is -0.922. The van der Waals surface area contributed by atoms with Gasteiger partial charge in [0, 0.05) is 0 Å². The molecule has 0 aromatic heterocycles. The van der Waals surface area contributed by atoms with Crippen LogP contribution in [0.4, 0.5) is 4.39 Å². The highest BCUT2D eigenvalue weighted by atomic mass is 19.1. The van der Waals surface area contributed by atoms with Crippen LogP contribution in [0.1, 0.15) is 28.4 Å². The molecule has 0 saturated heterocycles. The molecule has 0 spiro atoms. The Bertz CT molecular complexity index is 707. The fraction of sp³-hybridized carbons (Fsp3) is 0.278. The normalized spacial score (nSPS) is 17.0. The van der Waals surface area contributed by atoms with Crippen molar-refractivity contribution in [2.75, 3.05) is 0 Å². The summed E-state index contributed by atoms with van der Waals surface area (Å²) in [6, 6.07) is 14.7. The van der Waals surface area contributed by atoms with Gasteiger partial charge in [-0.15, -0.1) is 0 Å². The van der Waals surface area contributed by atoms with Crippen LogP contribution >= 0.6 is 0 Å². The van der Waals surface area contributed by atoms with Crippen molar-refractivity contribution in [3.05, 3.63) is 70.5 Å². The van der Waals surface area contributed by atoms with E-state index in [0.717, 1.165) is 11.1 Å². The van der Waals surface area contributed by atoms with Gasteiger partial charge in [0.1, 0.15) is 5.82 Å². The van der Waals surface area contributed by atoms with E-state index >= 15 is 0 Å². The van der Waals surface area contributed by atoms with E-state index in [9.17, 15) is 14.8 Å². The topological polar surface area (TPSA) is 44.0 Å². The van der Waals surface area contributed by atoms with E-state index < -0.39 is 11.5 Å². The molecule has 2 aromatic carbocycles. The van der Waals surface area contributed by atoms with Crippen LogP contribution in [-0.4, -0.2) is 5.11 Å². The average molecular weight is 281 g/mol. The van der Waals surface area contributed by atoms with E-state index in [1.54, 1.807) is 19.1 Å². The quantitative estimate of drug-likeness (QED) is 0.916. The summed E-state index contributed by atoms with van der Waals surface area (Å²) in [6.45, 7) is 1.66. The molecule has 3 heteroatoms. The van der Waals surface area contributed by atoms with Crippen LogP contribution in [0, 0.1) is 29.5 Å². The predicted molar refractivity (Wildman–Crippen MR) is 78.0 cm³/mol. The van der Waals surface area contributed by atoms with Crippen molar-refractivity contribution in [2.45, 2.75) is 25.9 Å². The van der Waals surface area contributed by atoms with Gasteiger partial charge in [-0.1, -0.05) is 36.4 Å². The van der Waals surface area contributed by atoms with Crippen LogP contribution in [-0.2, 0) is 12.8 Å². The molecular weight excluding hydrogens is 265 g/mol. The molecule has 0 saturated carbocycles. The maximum atomic E-state index is 13.4. The zero-order valence-electron chi connectivity index (χ0n) is 11.8. The Kier molecular flexibility index (Phi) is 3.27. The Hall–Kier alpha value is -2.18. The summed E-state index contributed by atoms with van der Waals surface area (Å²) in [5.41, 5.74) is 2.43. The highest BCUT2D eigenvalue weighted by Crippen LogP contribution is 2.45. The number of aryl methyl sites for hydroxylation is 1. The first kappa shape index (κ1) is 13.8. The van der Waals surface area contributed by atoms with Crippen LogP contribution < -0.4 is 0 Å². The van der Waals surface area contributed by atoms with Gasteiger partial charge in [0.25, 0.3) is 0 Å². The Morgan fingerprint density at radius 3 is 2.33 bits per heavy atom. The molecule has 2 aromatic rings. The molecule has 2 nitrogen and oxygen atoms in total. The highest BCUT2D eigenvalue weighted by molar-refractivity contribution is 5.40. The molecule has 3 rings (SSSR count). The van der Waals surface area contributed by atoms with Crippen molar-refractivity contribution in [1.82, 2.24) is 0 Å². The Labute approximate surface area is 123 Å². The van der Waals surface area contributed by atoms with Crippen molar-refractivity contribution in [1.29, 1.82) is 5.26 Å². The van der Waals surface area contributed by atoms with E-state index in [0.29, 0.717) is 24.0 Å². The van der Waals surface area contributed by atoms with Gasteiger partial charge >= 0.3 is 0 Å². The number of benzene rings is 2. The van der Waals surface area contributed by atoms with Crippen molar-refractivity contribution in [3.8, 4) is 6.07 Å². The number of halogens is 1. The van der Waals surface area contributed by atoms with E-state index in [-0.39, 0.29) is 5.82 Å². The number of hydrogen-bond acceptors (Lipinski definition) is 2. The third kappa shape index (κ3) is 2.22. The second-order valence-electron chi connectivity index (χ2n) is 5.80. The molecule has 1 aliphatic rings. The largest absolute Gasteiger partial charge is 0.387 e. The van der Waals surface area contributed by atoms with E-state index in [4.69, 9.17) is 0 Å². The molecule has 1 unspecified atom stereocenters. The van der Waals surface area contributed by atoms with Crippen molar-refractivity contribution >= 4 is 0 Å². The molecule has 1 atom stereocenters. The van der Waals surface area contributed by atoms with Gasteiger partial charge in [-0.2, -0.15) is 5.26 Å². The van der Waals surface area contributed by atoms with Crippen LogP contribution in [0.5, 0.6) is 0 Å². The summed E-state index contributed by atoms with van der Waals surface area (Å²) >= 11 is 0. The number of hydrogen-bond donors (Lipinski definition) is 1. The van der Waals surface area contributed by atoms with E-state index in [1.165, 1.54) is 6.07 Å². The number of fused-ring (bicyclic) bond motifs is 1. The highest BCUT2D eigenvalue weighted by Gasteiger charge is 2.44. The third-order valence-corrected chi connectivity index (χ3v) is 4.37. The van der Waals surface area contributed by atoms with Gasteiger partial charge in [0.2, 0.25) is 0 Å². The molecule has 0 aliphatic heterocycles. The first-order chi connectivity index (χ1) is 10.1. The van der Waals surface area contributed by atoms with Crippen molar-refractivity contribution < 1.29 is 9.50 Å². The zero-order chi connectivity index (χ0) is 15.0. The SMILES string of the molecule is Cc1cc(C(O)C2(C#N)Cc3ccccc3C2)ccc1F. The fourth-order valence-electron chi connectivity index (χ4n) is 3.14. The average Bonchev–Trinajstić information content (AvgIpc) is 2.89. The van der Waals surface area contributed by atoms with Crippen LogP contribution in [0.2, 0.25) is 0 Å². The zero-order valence-corrected chi connectivity index (χ0v) is 11.8. The maximum absolute atomic E-state index is 13.4. The minimum Gasteiger partial charge on any atom is -0.387 e. The van der Waals surface area contributed by atoms with Gasteiger partial charge in [-0.25, -0.2) is 4.39 Å². The van der Waals surface area contributed by atoms with Gasteiger partial charge in [-0.05, 0) is 48.1 Å². The molecule has 21 heavy (non-hydrogen) atoms. The number of nitriles is 1. The summed E-state index contributed by atoms with van der Waals surface area (Å²) in [5, 5.41) is 20.4. The summed E-state index contributed by atoms with van der Waals surface area (Å²) in [5.74, 6) is -0.299. The Morgan fingerprint density at radius 1 is 1.19 bits per heavy atom. The van der Waals surface area contributed by atoms with Gasteiger partial charge in [-0.3, -0.25) is 0 Å². The summed E-state index contributed by atoms with van der Waals surface area (Å²) in [4.78, 5) is 0. The lowest BCUT2D eigenvalue weighted by Gasteiger charge is -2.27. The second kappa shape index (κ2) is 4.98. The molecule has 0 bridgehead atoms. The number of rotatable bonds is 2. The summed E-state index contributed by atoms with van der Waals surface area (Å²) < 4.78 is 13.4. The van der Waals surface area contributed by atoms with Gasteiger partial charge in [0.05, 0.1) is 17.6 Å². The second-order valence-corrected chi connectivity index (χ2v) is 5.80. The predicted octanol–water partition coefficient (Wildman–Crippen LogP) is 3.48. The molecule has 0 heterocycles. The van der Waals surface area contributed by atoms with Gasteiger partial charge < -0.3 is 5.11 Å². The summed E-state index contributed by atoms with van der Waals surface area (Å²) in [6.07, 6.45) is 0.128. The molecule has 1 N–H and O–H groups in total. The molecule has 0 amide bonds. The lowest BCUT2D eigenvalue weighted by Crippen LogP contribution is -2.28. The van der Waals surface area contributed by atoms with E-state index in [1.807, 2.05) is 24.3 Å². The standard InChI is InChI=1S/C18H16FNO/c1-12-8-13(6-7-16(12)19)17(21)18(11-20)9-14-4-2-3-5-15(14)10-18/h2-8,17,21H,9-10H2,1H3. The Morgan fingerprint density at radius 2 is 1.81 bits per heavy atom. The maximum Gasteiger partial charge on any atom is 0.126 e. The number of nitrogens with zero attached hydrogens (tertiary/aromatic N) is 1. The number of aliphatic hydroxyl groups excluding tert-OH is 1. The smallest absolute Gasteiger partial charge is 0.126 e. The Balaban J connectivity index is 1.98. The molecule has 106 valence electrons. The van der Waals surface area contributed by atoms with Crippen molar-refractivity contribution in [2.24, 2.45) is 5.41 Å².